The first kappa shape index (κ1) is 15.8. The molecule has 4 rings (SSSR count). The number of ether oxygens (including phenoxy) is 1. The molecule has 0 aliphatic carbocycles. The molecule has 130 valence electrons. The first-order valence-electron chi connectivity index (χ1n) is 8.62. The molecule has 2 aromatic heterocycles. The predicted octanol–water partition coefficient (Wildman–Crippen LogP) is 3.06. The number of aromatic nitrogens is 4. The highest BCUT2D eigenvalue weighted by atomic mass is 16.5. The number of H-pyrrole nitrogens is 1. The second-order valence-corrected chi connectivity index (χ2v) is 6.47. The number of anilines is 3. The molecule has 0 bridgehead atoms. The lowest BCUT2D eigenvalue weighted by atomic mass is 10.2. The number of para-hydroxylation sites is 1. The maximum atomic E-state index is 5.45. The van der Waals surface area contributed by atoms with Crippen molar-refractivity contribution in [2.75, 3.05) is 36.5 Å². The molecule has 0 atom stereocenters. The summed E-state index contributed by atoms with van der Waals surface area (Å²) in [6.07, 6.45) is 0. The molecular weight excluding hydrogens is 316 g/mol. The van der Waals surface area contributed by atoms with Crippen molar-refractivity contribution in [3.63, 3.8) is 0 Å². The zero-order chi connectivity index (χ0) is 17.2. The molecule has 1 aliphatic rings. The van der Waals surface area contributed by atoms with E-state index in [4.69, 9.17) is 9.72 Å². The van der Waals surface area contributed by atoms with Crippen molar-refractivity contribution in [1.29, 1.82) is 0 Å². The minimum absolute atomic E-state index is 0.248. The van der Waals surface area contributed by atoms with E-state index in [9.17, 15) is 0 Å². The Morgan fingerprint density at radius 3 is 2.76 bits per heavy atom. The van der Waals surface area contributed by atoms with E-state index in [0.717, 1.165) is 60.5 Å². The maximum Gasteiger partial charge on any atom is 0.161 e. The Morgan fingerprint density at radius 1 is 1.16 bits per heavy atom. The molecule has 1 saturated heterocycles. The number of nitrogens with one attached hydrogen (secondary N) is 2. The van der Waals surface area contributed by atoms with Crippen LogP contribution in [-0.2, 0) is 4.74 Å². The second-order valence-electron chi connectivity index (χ2n) is 6.47. The van der Waals surface area contributed by atoms with Crippen LogP contribution in [0, 0.1) is 0 Å². The number of morpholine rings is 1. The van der Waals surface area contributed by atoms with Gasteiger partial charge in [-0.05, 0) is 12.1 Å². The van der Waals surface area contributed by atoms with E-state index in [0.29, 0.717) is 0 Å². The molecule has 0 amide bonds. The number of aromatic amines is 1. The molecule has 3 heterocycles. The van der Waals surface area contributed by atoms with E-state index in [2.05, 4.69) is 39.2 Å². The lowest BCUT2D eigenvalue weighted by Gasteiger charge is -2.28. The van der Waals surface area contributed by atoms with E-state index in [1.165, 1.54) is 0 Å². The fourth-order valence-corrected chi connectivity index (χ4v) is 2.91. The number of fused-ring (bicyclic) bond motifs is 1. The molecule has 3 aromatic rings. The summed E-state index contributed by atoms with van der Waals surface area (Å²) in [5, 5.41) is 11.8. The van der Waals surface area contributed by atoms with Gasteiger partial charge in [0, 0.05) is 30.5 Å². The van der Waals surface area contributed by atoms with Crippen LogP contribution in [-0.4, -0.2) is 46.5 Å². The summed E-state index contributed by atoms with van der Waals surface area (Å²) in [7, 11) is 0. The Kier molecular flexibility index (Phi) is 4.23. The molecule has 7 nitrogen and oxygen atoms in total. The number of benzene rings is 1. The van der Waals surface area contributed by atoms with Crippen LogP contribution < -0.4 is 10.2 Å². The standard InChI is InChI=1S/C18H22N6O/c1-12(2)17-19-15(11-16(21-17)24-7-9-25-10-8-24)20-18-13-5-3-4-6-14(13)22-23-18/h3-6,11-12H,7-10H2,1-2H3,(H2,19,20,21,22,23). The molecule has 0 radical (unpaired) electrons. The lowest BCUT2D eigenvalue weighted by Crippen LogP contribution is -2.37. The van der Waals surface area contributed by atoms with Gasteiger partial charge in [0.05, 0.1) is 18.7 Å². The molecule has 0 saturated carbocycles. The normalized spacial score (nSPS) is 15.1. The average Bonchev–Trinajstić information content (AvgIpc) is 3.05. The molecule has 25 heavy (non-hydrogen) atoms. The molecule has 1 aromatic carbocycles. The maximum absolute atomic E-state index is 5.45. The molecule has 1 aliphatic heterocycles. The third kappa shape index (κ3) is 3.28. The Bertz CT molecular complexity index is 869. The second kappa shape index (κ2) is 6.68. The summed E-state index contributed by atoms with van der Waals surface area (Å²) < 4.78 is 5.45. The summed E-state index contributed by atoms with van der Waals surface area (Å²) in [5.41, 5.74) is 0.997. The molecule has 0 spiro atoms. The van der Waals surface area contributed by atoms with Crippen molar-refractivity contribution in [2.24, 2.45) is 0 Å². The zero-order valence-corrected chi connectivity index (χ0v) is 14.5. The van der Waals surface area contributed by atoms with E-state index >= 15 is 0 Å². The number of nitrogens with zero attached hydrogens (tertiary/aromatic N) is 4. The Balaban J connectivity index is 1.69. The third-order valence-corrected chi connectivity index (χ3v) is 4.30. The SMILES string of the molecule is CC(C)c1nc(Nc2n[nH]c3ccccc23)cc(N2CCOCC2)n1. The van der Waals surface area contributed by atoms with Gasteiger partial charge in [0.25, 0.3) is 0 Å². The van der Waals surface area contributed by atoms with Crippen LogP contribution in [0.25, 0.3) is 10.9 Å². The Hall–Kier alpha value is -2.67. The highest BCUT2D eigenvalue weighted by molar-refractivity contribution is 5.91. The Morgan fingerprint density at radius 2 is 1.96 bits per heavy atom. The van der Waals surface area contributed by atoms with Gasteiger partial charge < -0.3 is 15.0 Å². The molecule has 1 fully saturated rings. The largest absolute Gasteiger partial charge is 0.378 e. The van der Waals surface area contributed by atoms with Crippen LogP contribution in [0.5, 0.6) is 0 Å². The predicted molar refractivity (Wildman–Crippen MR) is 98.5 cm³/mol. The van der Waals surface area contributed by atoms with Gasteiger partial charge in [-0.15, -0.1) is 0 Å². The number of rotatable bonds is 4. The van der Waals surface area contributed by atoms with Crippen molar-refractivity contribution in [2.45, 2.75) is 19.8 Å². The summed E-state index contributed by atoms with van der Waals surface area (Å²) in [4.78, 5) is 11.7. The lowest BCUT2D eigenvalue weighted by molar-refractivity contribution is 0.122. The minimum atomic E-state index is 0.248. The summed E-state index contributed by atoms with van der Waals surface area (Å²) in [6, 6.07) is 10.0. The van der Waals surface area contributed by atoms with Crippen molar-refractivity contribution < 1.29 is 4.74 Å². The topological polar surface area (TPSA) is 79.0 Å². The molecule has 2 N–H and O–H groups in total. The Labute approximate surface area is 146 Å². The first-order valence-corrected chi connectivity index (χ1v) is 8.62. The zero-order valence-electron chi connectivity index (χ0n) is 14.5. The van der Waals surface area contributed by atoms with Crippen molar-refractivity contribution in [3.8, 4) is 0 Å². The van der Waals surface area contributed by atoms with Crippen molar-refractivity contribution in [1.82, 2.24) is 20.2 Å². The summed E-state index contributed by atoms with van der Waals surface area (Å²) >= 11 is 0. The van der Waals surface area contributed by atoms with E-state index in [1.807, 2.05) is 30.3 Å². The summed E-state index contributed by atoms with van der Waals surface area (Å²) in [5.74, 6) is 3.54. The van der Waals surface area contributed by atoms with Gasteiger partial charge in [0.15, 0.2) is 5.82 Å². The van der Waals surface area contributed by atoms with Crippen molar-refractivity contribution in [3.05, 3.63) is 36.2 Å². The average molecular weight is 338 g/mol. The van der Waals surface area contributed by atoms with Gasteiger partial charge in [0.2, 0.25) is 0 Å². The van der Waals surface area contributed by atoms with E-state index in [1.54, 1.807) is 0 Å². The van der Waals surface area contributed by atoms with Crippen molar-refractivity contribution >= 4 is 28.4 Å². The van der Waals surface area contributed by atoms with Gasteiger partial charge in [-0.3, -0.25) is 5.10 Å². The van der Waals surface area contributed by atoms with Crippen LogP contribution in [0.4, 0.5) is 17.5 Å². The molecular formula is C18H22N6O. The quantitative estimate of drug-likeness (QED) is 0.761. The fraction of sp³-hybridized carbons (Fsp3) is 0.389. The van der Waals surface area contributed by atoms with Crippen LogP contribution >= 0.6 is 0 Å². The van der Waals surface area contributed by atoms with E-state index < -0.39 is 0 Å². The number of hydrogen-bond acceptors (Lipinski definition) is 6. The third-order valence-electron chi connectivity index (χ3n) is 4.30. The smallest absolute Gasteiger partial charge is 0.161 e. The molecule has 7 heteroatoms. The monoisotopic (exact) mass is 338 g/mol. The van der Waals surface area contributed by atoms with Crippen LogP contribution in [0.3, 0.4) is 0 Å². The minimum Gasteiger partial charge on any atom is -0.378 e. The van der Waals surface area contributed by atoms with Gasteiger partial charge in [-0.1, -0.05) is 26.0 Å². The first-order chi connectivity index (χ1) is 12.2. The van der Waals surface area contributed by atoms with Crippen LogP contribution in [0.2, 0.25) is 0 Å². The molecule has 0 unspecified atom stereocenters. The highest BCUT2D eigenvalue weighted by Crippen LogP contribution is 2.26. The van der Waals surface area contributed by atoms with Gasteiger partial charge in [0.1, 0.15) is 17.5 Å². The summed E-state index contributed by atoms with van der Waals surface area (Å²) in [6.45, 7) is 7.36. The van der Waals surface area contributed by atoms with E-state index in [-0.39, 0.29) is 5.92 Å². The highest BCUT2D eigenvalue weighted by Gasteiger charge is 2.17. The number of hydrogen-bond donors (Lipinski definition) is 2. The van der Waals surface area contributed by atoms with Gasteiger partial charge >= 0.3 is 0 Å². The fourth-order valence-electron chi connectivity index (χ4n) is 2.91. The van der Waals surface area contributed by atoms with Gasteiger partial charge in [-0.2, -0.15) is 5.10 Å². The van der Waals surface area contributed by atoms with Crippen LogP contribution in [0.1, 0.15) is 25.6 Å². The van der Waals surface area contributed by atoms with Gasteiger partial charge in [-0.25, -0.2) is 9.97 Å². The van der Waals surface area contributed by atoms with Crippen LogP contribution in [0.15, 0.2) is 30.3 Å².